The molecule has 9 heteroatoms. The molecule has 0 unspecified atom stereocenters. The van der Waals surface area contributed by atoms with E-state index in [0.29, 0.717) is 27.7 Å². The molecule has 3 heterocycles. The molecule has 0 saturated carbocycles. The summed E-state index contributed by atoms with van der Waals surface area (Å²) in [5.74, 6) is -0.286. The Labute approximate surface area is 161 Å². The highest BCUT2D eigenvalue weighted by Crippen LogP contribution is 2.19. The number of thiazole rings is 2. The largest absolute Gasteiger partial charge is 0.319 e. The number of amides is 1. The van der Waals surface area contributed by atoms with Gasteiger partial charge in [0.2, 0.25) is 0 Å². The van der Waals surface area contributed by atoms with Gasteiger partial charge in [0.1, 0.15) is 11.5 Å². The van der Waals surface area contributed by atoms with Crippen molar-refractivity contribution in [3.63, 3.8) is 0 Å². The first kappa shape index (κ1) is 17.4. The number of nitrogens with zero attached hydrogens (tertiary/aromatic N) is 5. The molecule has 0 bridgehead atoms. The third-order valence-corrected chi connectivity index (χ3v) is 5.27. The Hall–Kier alpha value is -3.04. The molecular formula is C18H12FN5OS2. The van der Waals surface area contributed by atoms with Gasteiger partial charge in [-0.15, -0.1) is 22.7 Å². The summed E-state index contributed by atoms with van der Waals surface area (Å²) in [5.41, 5.74) is 0.760. The van der Waals surface area contributed by atoms with Crippen molar-refractivity contribution < 1.29 is 9.18 Å². The van der Waals surface area contributed by atoms with Crippen molar-refractivity contribution in [3.05, 3.63) is 81.6 Å². The Morgan fingerprint density at radius 3 is 2.78 bits per heavy atom. The minimum Gasteiger partial charge on any atom is -0.319 e. The van der Waals surface area contributed by atoms with Crippen LogP contribution in [-0.4, -0.2) is 25.4 Å². The monoisotopic (exact) mass is 397 g/mol. The van der Waals surface area contributed by atoms with Crippen LogP contribution in [0.5, 0.6) is 0 Å². The Bertz CT molecular complexity index is 1150. The minimum atomic E-state index is -0.460. The molecule has 0 aliphatic rings. The van der Waals surface area contributed by atoms with Crippen molar-refractivity contribution >= 4 is 28.6 Å². The zero-order valence-corrected chi connectivity index (χ0v) is 15.5. The summed E-state index contributed by atoms with van der Waals surface area (Å²) in [4.78, 5) is 29.6. The number of halogens is 1. The number of benzene rings is 1. The lowest BCUT2D eigenvalue weighted by atomic mass is 10.2. The maximum absolute atomic E-state index is 13.9. The first-order chi connectivity index (χ1) is 13.2. The molecule has 6 nitrogen and oxygen atoms in total. The molecule has 0 radical (unpaired) electrons. The third-order valence-electron chi connectivity index (χ3n) is 3.64. The van der Waals surface area contributed by atoms with Gasteiger partial charge in [-0.05, 0) is 12.1 Å². The summed E-state index contributed by atoms with van der Waals surface area (Å²) in [6.07, 6.45) is 5.01. The Morgan fingerprint density at radius 1 is 1.15 bits per heavy atom. The minimum absolute atomic E-state index is 0.230. The molecule has 0 atom stereocenters. The molecule has 3 aromatic heterocycles. The van der Waals surface area contributed by atoms with Crippen molar-refractivity contribution in [2.75, 3.05) is 0 Å². The van der Waals surface area contributed by atoms with Gasteiger partial charge >= 0.3 is 0 Å². The first-order valence-electron chi connectivity index (χ1n) is 7.90. The lowest BCUT2D eigenvalue weighted by molar-refractivity contribution is 0.0994. The van der Waals surface area contributed by atoms with E-state index in [1.165, 1.54) is 28.7 Å². The first-order valence-corrected chi connectivity index (χ1v) is 9.66. The maximum atomic E-state index is 13.9. The van der Waals surface area contributed by atoms with Gasteiger partial charge in [-0.25, -0.2) is 19.3 Å². The average Bonchev–Trinajstić information content (AvgIpc) is 3.34. The molecule has 0 N–H and O–H groups in total. The van der Waals surface area contributed by atoms with Gasteiger partial charge in [-0.1, -0.05) is 18.2 Å². The standard InChI is InChI=1S/C18H12FN5OS2/c19-13-5-2-1-4-12(13)10-24-8-9-26-18(24)23-16(25)14-11-27-17(22-14)15-20-6-3-7-21-15/h1-9,11H,10H2. The van der Waals surface area contributed by atoms with E-state index < -0.39 is 5.91 Å². The van der Waals surface area contributed by atoms with Crippen molar-refractivity contribution in [1.82, 2.24) is 19.5 Å². The van der Waals surface area contributed by atoms with E-state index >= 15 is 0 Å². The third kappa shape index (κ3) is 3.88. The van der Waals surface area contributed by atoms with Gasteiger partial charge in [0, 0.05) is 34.9 Å². The van der Waals surface area contributed by atoms with Crippen molar-refractivity contribution in [2.45, 2.75) is 6.54 Å². The highest BCUT2D eigenvalue weighted by molar-refractivity contribution is 7.13. The number of hydrogen-bond acceptors (Lipinski definition) is 6. The Kier molecular flexibility index (Phi) is 4.95. The van der Waals surface area contributed by atoms with E-state index in [4.69, 9.17) is 0 Å². The van der Waals surface area contributed by atoms with Crippen molar-refractivity contribution in [3.8, 4) is 10.8 Å². The van der Waals surface area contributed by atoms with Crippen LogP contribution in [0, 0.1) is 5.82 Å². The average molecular weight is 397 g/mol. The number of aromatic nitrogens is 4. The van der Waals surface area contributed by atoms with E-state index in [1.54, 1.807) is 58.2 Å². The number of carbonyl (C=O) groups excluding carboxylic acids is 1. The number of carbonyl (C=O) groups is 1. The molecule has 0 saturated heterocycles. The molecule has 134 valence electrons. The van der Waals surface area contributed by atoms with Crippen LogP contribution in [0.1, 0.15) is 16.1 Å². The zero-order chi connectivity index (χ0) is 18.6. The molecule has 0 spiro atoms. The molecule has 27 heavy (non-hydrogen) atoms. The SMILES string of the molecule is O=C(N=c1sccn1Cc1ccccc1F)c1csc(-c2ncccn2)n1. The molecule has 4 rings (SSSR count). The van der Waals surface area contributed by atoms with Crippen LogP contribution in [0.2, 0.25) is 0 Å². The fourth-order valence-corrected chi connectivity index (χ4v) is 3.81. The molecular weight excluding hydrogens is 385 g/mol. The molecule has 1 aromatic carbocycles. The maximum Gasteiger partial charge on any atom is 0.299 e. The quantitative estimate of drug-likeness (QED) is 0.529. The fourth-order valence-electron chi connectivity index (χ4n) is 2.35. The molecule has 0 fully saturated rings. The van der Waals surface area contributed by atoms with Gasteiger partial charge in [-0.3, -0.25) is 4.79 Å². The van der Waals surface area contributed by atoms with Crippen LogP contribution >= 0.6 is 22.7 Å². The highest BCUT2D eigenvalue weighted by atomic mass is 32.1. The second-order valence-corrected chi connectivity index (χ2v) is 7.16. The van der Waals surface area contributed by atoms with Crippen LogP contribution in [-0.2, 0) is 6.54 Å². The van der Waals surface area contributed by atoms with E-state index in [-0.39, 0.29) is 11.5 Å². The van der Waals surface area contributed by atoms with Gasteiger partial charge in [0.05, 0.1) is 6.54 Å². The number of hydrogen-bond donors (Lipinski definition) is 0. The lowest BCUT2D eigenvalue weighted by Gasteiger charge is -2.04. The van der Waals surface area contributed by atoms with Crippen LogP contribution < -0.4 is 4.80 Å². The predicted molar refractivity (Wildman–Crippen MR) is 101 cm³/mol. The van der Waals surface area contributed by atoms with E-state index in [1.807, 2.05) is 0 Å². The van der Waals surface area contributed by atoms with Crippen LogP contribution in [0.25, 0.3) is 10.8 Å². The summed E-state index contributed by atoms with van der Waals surface area (Å²) in [6.45, 7) is 0.294. The van der Waals surface area contributed by atoms with Crippen LogP contribution in [0.4, 0.5) is 4.39 Å². The summed E-state index contributed by atoms with van der Waals surface area (Å²) < 4.78 is 15.6. The van der Waals surface area contributed by atoms with Gasteiger partial charge < -0.3 is 4.57 Å². The summed E-state index contributed by atoms with van der Waals surface area (Å²) in [6, 6.07) is 8.24. The summed E-state index contributed by atoms with van der Waals surface area (Å²) >= 11 is 2.59. The van der Waals surface area contributed by atoms with E-state index in [9.17, 15) is 9.18 Å². The predicted octanol–water partition coefficient (Wildman–Crippen LogP) is 3.39. The van der Waals surface area contributed by atoms with Crippen molar-refractivity contribution in [2.24, 2.45) is 4.99 Å². The molecule has 0 aliphatic carbocycles. The van der Waals surface area contributed by atoms with Crippen molar-refractivity contribution in [1.29, 1.82) is 0 Å². The second-order valence-electron chi connectivity index (χ2n) is 5.43. The Balaban J connectivity index is 1.60. The Morgan fingerprint density at radius 2 is 1.96 bits per heavy atom. The summed E-state index contributed by atoms with van der Waals surface area (Å²) in [7, 11) is 0. The topological polar surface area (TPSA) is 73.0 Å². The van der Waals surface area contributed by atoms with Gasteiger partial charge in [0.25, 0.3) is 5.91 Å². The molecule has 4 aromatic rings. The fraction of sp³-hybridized carbons (Fsp3) is 0.0556. The van der Waals surface area contributed by atoms with Crippen LogP contribution in [0.3, 0.4) is 0 Å². The molecule has 1 amide bonds. The van der Waals surface area contributed by atoms with E-state index in [0.717, 1.165) is 0 Å². The zero-order valence-electron chi connectivity index (χ0n) is 13.8. The van der Waals surface area contributed by atoms with Gasteiger partial charge in [0.15, 0.2) is 15.6 Å². The summed E-state index contributed by atoms with van der Waals surface area (Å²) in [5, 5.41) is 3.99. The number of rotatable bonds is 4. The van der Waals surface area contributed by atoms with E-state index in [2.05, 4.69) is 19.9 Å². The lowest BCUT2D eigenvalue weighted by Crippen LogP contribution is -2.17. The highest BCUT2D eigenvalue weighted by Gasteiger charge is 2.13. The van der Waals surface area contributed by atoms with Crippen LogP contribution in [0.15, 0.2) is 64.7 Å². The van der Waals surface area contributed by atoms with Gasteiger partial charge in [-0.2, -0.15) is 4.99 Å². The second kappa shape index (κ2) is 7.68. The smallest absolute Gasteiger partial charge is 0.299 e. The normalized spacial score (nSPS) is 11.7. The molecule has 0 aliphatic heterocycles.